The van der Waals surface area contributed by atoms with Crippen LogP contribution in [0, 0.1) is 13.8 Å². The van der Waals surface area contributed by atoms with E-state index in [4.69, 9.17) is 0 Å². The number of H-pyrrole nitrogens is 1. The molecule has 0 unspecified atom stereocenters. The van der Waals surface area contributed by atoms with Crippen LogP contribution in [0.1, 0.15) is 11.4 Å². The molecular formula is C9H13N5O2S. The van der Waals surface area contributed by atoms with Crippen molar-refractivity contribution >= 4 is 15.7 Å². The minimum Gasteiger partial charge on any atom is -0.280 e. The first-order valence-electron chi connectivity index (χ1n) is 4.94. The fourth-order valence-electron chi connectivity index (χ4n) is 1.51. The summed E-state index contributed by atoms with van der Waals surface area (Å²) < 4.78 is 27.9. The molecule has 17 heavy (non-hydrogen) atoms. The van der Waals surface area contributed by atoms with E-state index in [0.717, 1.165) is 0 Å². The first-order valence-corrected chi connectivity index (χ1v) is 6.42. The molecule has 0 radical (unpaired) electrons. The summed E-state index contributed by atoms with van der Waals surface area (Å²) in [4.78, 5) is 0. The third kappa shape index (κ3) is 2.03. The summed E-state index contributed by atoms with van der Waals surface area (Å²) in [5.41, 5.74) is 1.76. The van der Waals surface area contributed by atoms with Crippen LogP contribution in [0.15, 0.2) is 17.3 Å². The molecule has 2 rings (SSSR count). The number of aryl methyl sites for hydroxylation is 3. The van der Waals surface area contributed by atoms with Crippen molar-refractivity contribution < 1.29 is 8.42 Å². The van der Waals surface area contributed by atoms with E-state index < -0.39 is 10.0 Å². The molecule has 0 aliphatic rings. The van der Waals surface area contributed by atoms with Crippen LogP contribution >= 0.6 is 0 Å². The smallest absolute Gasteiger partial charge is 0.279 e. The third-order valence-electron chi connectivity index (χ3n) is 2.42. The molecule has 2 heterocycles. The summed E-state index contributed by atoms with van der Waals surface area (Å²) in [6, 6.07) is 1.44. The van der Waals surface area contributed by atoms with E-state index in [2.05, 4.69) is 20.0 Å². The van der Waals surface area contributed by atoms with Gasteiger partial charge in [-0.25, -0.2) is 0 Å². The summed E-state index contributed by atoms with van der Waals surface area (Å²) >= 11 is 0. The van der Waals surface area contributed by atoms with E-state index in [-0.39, 0.29) is 5.03 Å². The molecule has 0 bridgehead atoms. The molecule has 92 valence electrons. The standard InChI is InChI=1S/C9H13N5O2S/c1-6-9(7(2)12-11-6)13-17(15,16)8-4-5-10-14(8)3/h4-5,13H,1-3H3,(H,11,12). The molecule has 0 aliphatic heterocycles. The van der Waals surface area contributed by atoms with E-state index >= 15 is 0 Å². The number of hydrogen-bond acceptors (Lipinski definition) is 4. The van der Waals surface area contributed by atoms with Gasteiger partial charge in [-0.3, -0.25) is 14.5 Å². The SMILES string of the molecule is Cc1n[nH]c(C)c1NS(=O)(=O)c1ccnn1C. The monoisotopic (exact) mass is 255 g/mol. The second-order valence-corrected chi connectivity index (χ2v) is 5.34. The zero-order chi connectivity index (χ0) is 12.6. The predicted octanol–water partition coefficient (Wildman–Crippen LogP) is 0.561. The van der Waals surface area contributed by atoms with Crippen molar-refractivity contribution in [3.63, 3.8) is 0 Å². The van der Waals surface area contributed by atoms with Gasteiger partial charge in [-0.2, -0.15) is 18.6 Å². The molecule has 7 nitrogen and oxygen atoms in total. The van der Waals surface area contributed by atoms with E-state index in [9.17, 15) is 8.42 Å². The van der Waals surface area contributed by atoms with Crippen LogP contribution in [0.4, 0.5) is 5.69 Å². The lowest BCUT2D eigenvalue weighted by Gasteiger charge is -2.07. The van der Waals surface area contributed by atoms with Crippen molar-refractivity contribution in [3.05, 3.63) is 23.7 Å². The van der Waals surface area contributed by atoms with Crippen molar-refractivity contribution in [2.24, 2.45) is 7.05 Å². The normalized spacial score (nSPS) is 11.7. The Morgan fingerprint density at radius 3 is 2.59 bits per heavy atom. The molecular weight excluding hydrogens is 242 g/mol. The van der Waals surface area contributed by atoms with Crippen molar-refractivity contribution in [2.75, 3.05) is 4.72 Å². The van der Waals surface area contributed by atoms with Gasteiger partial charge in [-0.1, -0.05) is 0 Å². The van der Waals surface area contributed by atoms with E-state index in [1.54, 1.807) is 20.9 Å². The van der Waals surface area contributed by atoms with Crippen molar-refractivity contribution in [3.8, 4) is 0 Å². The highest BCUT2D eigenvalue weighted by atomic mass is 32.2. The number of nitrogens with one attached hydrogen (secondary N) is 2. The van der Waals surface area contributed by atoms with Crippen LogP contribution in [0.3, 0.4) is 0 Å². The molecule has 8 heteroatoms. The van der Waals surface area contributed by atoms with E-state index in [1.807, 2.05) is 0 Å². The van der Waals surface area contributed by atoms with Crippen LogP contribution in [-0.4, -0.2) is 28.4 Å². The average molecular weight is 255 g/mol. The highest BCUT2D eigenvalue weighted by molar-refractivity contribution is 7.92. The molecule has 2 aromatic rings. The van der Waals surface area contributed by atoms with Gasteiger partial charge in [0.2, 0.25) is 0 Å². The first kappa shape index (κ1) is 11.6. The largest absolute Gasteiger partial charge is 0.280 e. The van der Waals surface area contributed by atoms with Crippen molar-refractivity contribution in [2.45, 2.75) is 18.9 Å². The van der Waals surface area contributed by atoms with Crippen molar-refractivity contribution in [1.29, 1.82) is 0 Å². The van der Waals surface area contributed by atoms with E-state index in [0.29, 0.717) is 17.1 Å². The number of nitrogens with zero attached hydrogens (tertiary/aromatic N) is 3. The van der Waals surface area contributed by atoms with E-state index in [1.165, 1.54) is 16.9 Å². The summed E-state index contributed by atoms with van der Waals surface area (Å²) in [5.74, 6) is 0. The average Bonchev–Trinajstić information content (AvgIpc) is 2.79. The second kappa shape index (κ2) is 3.88. The summed E-state index contributed by atoms with van der Waals surface area (Å²) in [6.07, 6.45) is 1.43. The Morgan fingerprint density at radius 2 is 2.12 bits per heavy atom. The zero-order valence-corrected chi connectivity index (χ0v) is 10.5. The molecule has 0 saturated carbocycles. The highest BCUT2D eigenvalue weighted by Gasteiger charge is 2.20. The Hall–Kier alpha value is -1.83. The minimum absolute atomic E-state index is 0.109. The molecule has 0 fully saturated rings. The van der Waals surface area contributed by atoms with Gasteiger partial charge in [-0.05, 0) is 19.9 Å². The van der Waals surface area contributed by atoms with Crippen LogP contribution in [0.5, 0.6) is 0 Å². The number of aromatic nitrogens is 4. The molecule has 2 N–H and O–H groups in total. The predicted molar refractivity (Wildman–Crippen MR) is 62.1 cm³/mol. The number of hydrogen-bond donors (Lipinski definition) is 2. The van der Waals surface area contributed by atoms with Gasteiger partial charge in [0.1, 0.15) is 0 Å². The van der Waals surface area contributed by atoms with Crippen LogP contribution in [-0.2, 0) is 17.1 Å². The highest BCUT2D eigenvalue weighted by Crippen LogP contribution is 2.20. The Morgan fingerprint density at radius 1 is 1.41 bits per heavy atom. The minimum atomic E-state index is -3.63. The second-order valence-electron chi connectivity index (χ2n) is 3.71. The maximum atomic E-state index is 12.1. The molecule has 0 amide bonds. The summed E-state index contributed by atoms with van der Waals surface area (Å²) in [5, 5.41) is 10.6. The Labute approximate surface area is 98.9 Å². The maximum Gasteiger partial charge on any atom is 0.279 e. The third-order valence-corrected chi connectivity index (χ3v) is 3.84. The Balaban J connectivity index is 2.40. The fraction of sp³-hybridized carbons (Fsp3) is 0.333. The molecule has 2 aromatic heterocycles. The lowest BCUT2D eigenvalue weighted by Crippen LogP contribution is -2.17. The summed E-state index contributed by atoms with van der Waals surface area (Å²) in [7, 11) is -2.05. The fourth-order valence-corrected chi connectivity index (χ4v) is 2.82. The topological polar surface area (TPSA) is 92.7 Å². The number of aromatic amines is 1. The first-order chi connectivity index (χ1) is 7.92. The quantitative estimate of drug-likeness (QED) is 0.838. The molecule has 0 atom stereocenters. The molecule has 0 aliphatic carbocycles. The van der Waals surface area contributed by atoms with Gasteiger partial charge >= 0.3 is 0 Å². The van der Waals surface area contributed by atoms with Crippen molar-refractivity contribution in [1.82, 2.24) is 20.0 Å². The number of sulfonamides is 1. The van der Waals surface area contributed by atoms with Crippen LogP contribution in [0.2, 0.25) is 0 Å². The van der Waals surface area contributed by atoms with Crippen LogP contribution < -0.4 is 4.72 Å². The Kier molecular flexibility index (Phi) is 2.66. The lowest BCUT2D eigenvalue weighted by molar-refractivity contribution is 0.582. The van der Waals surface area contributed by atoms with Gasteiger partial charge < -0.3 is 0 Å². The van der Waals surface area contributed by atoms with Gasteiger partial charge in [0, 0.05) is 7.05 Å². The van der Waals surface area contributed by atoms with Gasteiger partial charge in [0.25, 0.3) is 10.0 Å². The number of rotatable bonds is 3. The molecule has 0 spiro atoms. The molecule has 0 aromatic carbocycles. The summed E-state index contributed by atoms with van der Waals surface area (Å²) in [6.45, 7) is 3.48. The number of anilines is 1. The van der Waals surface area contributed by atoms with Gasteiger partial charge in [-0.15, -0.1) is 0 Å². The molecule has 0 saturated heterocycles. The lowest BCUT2D eigenvalue weighted by atomic mass is 10.3. The Bertz CT molecular complexity index is 621. The van der Waals surface area contributed by atoms with Gasteiger partial charge in [0.05, 0.1) is 23.3 Å². The van der Waals surface area contributed by atoms with Crippen LogP contribution in [0.25, 0.3) is 0 Å². The maximum absolute atomic E-state index is 12.1. The zero-order valence-electron chi connectivity index (χ0n) is 9.72. The van der Waals surface area contributed by atoms with Gasteiger partial charge in [0.15, 0.2) is 5.03 Å².